The molecule has 2 heterocycles. The summed E-state index contributed by atoms with van der Waals surface area (Å²) in [7, 11) is 4.16. The zero-order chi connectivity index (χ0) is 22.7. The number of amides is 1. The first kappa shape index (κ1) is 23.3. The summed E-state index contributed by atoms with van der Waals surface area (Å²) in [5, 5.41) is 0.861. The number of nitrogens with zero attached hydrogens (tertiary/aromatic N) is 2. The number of benzene rings is 2. The van der Waals surface area contributed by atoms with Crippen LogP contribution < -0.4 is 17.1 Å². The highest BCUT2D eigenvalue weighted by Crippen LogP contribution is 2.46. The van der Waals surface area contributed by atoms with E-state index in [0.717, 1.165) is 34.1 Å². The Bertz CT molecular complexity index is 1240. The lowest BCUT2D eigenvalue weighted by Crippen LogP contribution is -3.00. The van der Waals surface area contributed by atoms with Crippen LogP contribution >= 0.6 is 0 Å². The number of ether oxygens (including phenoxy) is 1. The fourth-order valence-corrected chi connectivity index (χ4v) is 4.87. The number of carbonyl (C=O) groups excluding carboxylic acids is 2. The lowest BCUT2D eigenvalue weighted by atomic mass is 9.72. The number of quaternary nitrogens is 1. The molecule has 0 radical (unpaired) electrons. The molecule has 3 aromatic rings. The Balaban J connectivity index is 0.00000259. The Morgan fingerprint density at radius 1 is 1.12 bits per heavy atom. The summed E-state index contributed by atoms with van der Waals surface area (Å²) >= 11 is 0. The van der Waals surface area contributed by atoms with E-state index in [-0.39, 0.29) is 24.1 Å². The smallest absolute Gasteiger partial charge is 0.278 e. The van der Waals surface area contributed by atoms with Crippen LogP contribution in [-0.4, -0.2) is 68.0 Å². The summed E-state index contributed by atoms with van der Waals surface area (Å²) in [6.07, 6.45) is 0. The van der Waals surface area contributed by atoms with Gasteiger partial charge in [-0.25, -0.2) is 0 Å². The molecule has 0 atom stereocenters. The third-order valence-corrected chi connectivity index (χ3v) is 6.82. The maximum absolute atomic E-state index is 13.3. The normalized spacial score (nSPS) is 18.5. The van der Waals surface area contributed by atoms with Gasteiger partial charge in [-0.1, -0.05) is 18.2 Å². The van der Waals surface area contributed by atoms with Crippen LogP contribution in [0.1, 0.15) is 41.1 Å². The lowest BCUT2D eigenvalue weighted by molar-refractivity contribution is -0.885. The minimum atomic E-state index is -0.469. The average Bonchev–Trinajstić information content (AvgIpc) is 3.14. The fourth-order valence-electron chi connectivity index (χ4n) is 4.87. The van der Waals surface area contributed by atoms with Crippen molar-refractivity contribution < 1.29 is 35.6 Å². The van der Waals surface area contributed by atoms with Crippen molar-refractivity contribution in [1.29, 1.82) is 0 Å². The molecular weight excluding hydrogens is 440 g/mol. The molecule has 0 unspecified atom stereocenters. The minimum absolute atomic E-state index is 0. The number of likely N-dealkylation sites (N-methyl/N-ethyl adjacent to an activating group) is 1. The molecule has 6 nitrogen and oxygen atoms in total. The lowest BCUT2D eigenvalue weighted by Gasteiger charge is -2.38. The van der Waals surface area contributed by atoms with Gasteiger partial charge in [-0.2, -0.15) is 0 Å². The van der Waals surface area contributed by atoms with Gasteiger partial charge in [0.1, 0.15) is 23.7 Å². The van der Waals surface area contributed by atoms with E-state index in [1.54, 1.807) is 0 Å². The Labute approximate surface area is 200 Å². The van der Waals surface area contributed by atoms with E-state index in [2.05, 4.69) is 27.9 Å². The summed E-state index contributed by atoms with van der Waals surface area (Å²) in [6.45, 7) is 7.35. The Hall–Kier alpha value is -2.83. The first-order valence-electron chi connectivity index (χ1n) is 11.1. The molecule has 0 saturated carbocycles. The number of hydrogen-bond donors (Lipinski definition) is 0. The van der Waals surface area contributed by atoms with Gasteiger partial charge in [0, 0.05) is 16.4 Å². The van der Waals surface area contributed by atoms with Crippen LogP contribution in [-0.2, 0) is 10.2 Å². The maximum Gasteiger partial charge on any atom is 0.278 e. The van der Waals surface area contributed by atoms with Gasteiger partial charge < -0.3 is 30.9 Å². The molecule has 1 fully saturated rings. The van der Waals surface area contributed by atoms with Crippen LogP contribution in [0, 0.1) is 0 Å². The topological polar surface area (TPSA) is 59.8 Å². The van der Waals surface area contributed by atoms with Crippen LogP contribution in [0.3, 0.4) is 0 Å². The molecule has 5 rings (SSSR count). The van der Waals surface area contributed by atoms with E-state index in [0.29, 0.717) is 42.3 Å². The highest BCUT2D eigenvalue weighted by atomic mass is 35.5. The third kappa shape index (κ3) is 3.91. The predicted octanol–water partition coefficient (Wildman–Crippen LogP) is 0.605. The van der Waals surface area contributed by atoms with Crippen molar-refractivity contribution in [2.45, 2.75) is 19.3 Å². The summed E-state index contributed by atoms with van der Waals surface area (Å²) in [5.74, 6) is 1.56. The van der Waals surface area contributed by atoms with Gasteiger partial charge in [0.2, 0.25) is 0 Å². The molecule has 1 aromatic heterocycles. The standard InChI is InChI=1S/C26H29N2O4.ClH/c1-26(2)20-15-17(31-14-12-27-11-13-28(3,4)16-22(27)29)9-10-18(20)24(30)23-19-7-5-6-8-21(19)32-25(23)26;/h5-10,15H,11-14,16H2,1-4H3;1H/q+1;/p-1. The van der Waals surface area contributed by atoms with E-state index < -0.39 is 5.41 Å². The van der Waals surface area contributed by atoms with Crippen LogP contribution in [0.25, 0.3) is 11.0 Å². The summed E-state index contributed by atoms with van der Waals surface area (Å²) in [6, 6.07) is 13.3. The first-order chi connectivity index (χ1) is 15.2. The first-order valence-corrected chi connectivity index (χ1v) is 11.1. The molecule has 33 heavy (non-hydrogen) atoms. The van der Waals surface area contributed by atoms with Crippen LogP contribution in [0.5, 0.6) is 5.75 Å². The molecule has 1 amide bonds. The Morgan fingerprint density at radius 3 is 2.64 bits per heavy atom. The SMILES string of the molecule is CC1(C)c2cc(OCCN3CC[N+](C)(C)CC3=O)ccc2C(=O)c2c1oc1ccccc21.[Cl-]. The number of piperazine rings is 1. The molecule has 2 aliphatic rings. The quantitative estimate of drug-likeness (QED) is 0.526. The van der Waals surface area contributed by atoms with Crippen molar-refractivity contribution in [3.63, 3.8) is 0 Å². The molecule has 1 aliphatic carbocycles. The Morgan fingerprint density at radius 2 is 1.88 bits per heavy atom. The molecule has 0 bridgehead atoms. The van der Waals surface area contributed by atoms with Crippen LogP contribution in [0.4, 0.5) is 0 Å². The van der Waals surface area contributed by atoms with E-state index in [9.17, 15) is 9.59 Å². The van der Waals surface area contributed by atoms with Crippen LogP contribution in [0.2, 0.25) is 0 Å². The van der Waals surface area contributed by atoms with E-state index >= 15 is 0 Å². The number of furan rings is 1. The van der Waals surface area contributed by atoms with Gasteiger partial charge in [-0.15, -0.1) is 0 Å². The number of halogens is 1. The molecule has 1 aliphatic heterocycles. The van der Waals surface area contributed by atoms with Crippen molar-refractivity contribution in [2.24, 2.45) is 0 Å². The van der Waals surface area contributed by atoms with Gasteiger partial charge in [-0.05, 0) is 43.7 Å². The molecular formula is C26H29ClN2O4. The van der Waals surface area contributed by atoms with Gasteiger partial charge in [-0.3, -0.25) is 9.59 Å². The monoisotopic (exact) mass is 468 g/mol. The summed E-state index contributed by atoms with van der Waals surface area (Å²) < 4.78 is 12.9. The number of hydrogen-bond acceptors (Lipinski definition) is 4. The van der Waals surface area contributed by atoms with Crippen molar-refractivity contribution >= 4 is 22.7 Å². The van der Waals surface area contributed by atoms with Gasteiger partial charge in [0.05, 0.1) is 39.3 Å². The number of rotatable bonds is 4. The number of fused-ring (bicyclic) bond motifs is 4. The number of ketones is 1. The summed E-state index contributed by atoms with van der Waals surface area (Å²) in [5.41, 5.74) is 2.52. The van der Waals surface area contributed by atoms with Crippen molar-refractivity contribution in [1.82, 2.24) is 4.90 Å². The molecule has 1 saturated heterocycles. The average molecular weight is 469 g/mol. The van der Waals surface area contributed by atoms with Crippen molar-refractivity contribution in [2.75, 3.05) is 46.9 Å². The van der Waals surface area contributed by atoms with Gasteiger partial charge >= 0.3 is 0 Å². The molecule has 7 heteroatoms. The van der Waals surface area contributed by atoms with Gasteiger partial charge in [0.25, 0.3) is 5.91 Å². The zero-order valence-corrected chi connectivity index (χ0v) is 20.2. The van der Waals surface area contributed by atoms with E-state index in [4.69, 9.17) is 9.15 Å². The van der Waals surface area contributed by atoms with E-state index in [1.165, 1.54) is 0 Å². The molecule has 0 N–H and O–H groups in total. The number of carbonyl (C=O) groups is 2. The van der Waals surface area contributed by atoms with Crippen LogP contribution in [0.15, 0.2) is 46.9 Å². The maximum atomic E-state index is 13.3. The van der Waals surface area contributed by atoms with Gasteiger partial charge in [0.15, 0.2) is 12.3 Å². The molecule has 174 valence electrons. The highest BCUT2D eigenvalue weighted by molar-refractivity contribution is 6.19. The zero-order valence-electron chi connectivity index (χ0n) is 19.5. The minimum Gasteiger partial charge on any atom is -1.00 e. The second-order valence-electron chi connectivity index (χ2n) is 10.0. The second kappa shape index (κ2) is 8.19. The molecule has 2 aromatic carbocycles. The Kier molecular flexibility index (Phi) is 5.79. The molecule has 0 spiro atoms. The van der Waals surface area contributed by atoms with Crippen molar-refractivity contribution in [3.8, 4) is 5.75 Å². The summed E-state index contributed by atoms with van der Waals surface area (Å²) in [4.78, 5) is 27.6. The largest absolute Gasteiger partial charge is 1.00 e. The van der Waals surface area contributed by atoms with Crippen molar-refractivity contribution in [3.05, 3.63) is 64.9 Å². The van der Waals surface area contributed by atoms with E-state index in [1.807, 2.05) is 47.4 Å². The second-order valence-corrected chi connectivity index (χ2v) is 10.0. The fraction of sp³-hybridized carbons (Fsp3) is 0.385. The predicted molar refractivity (Wildman–Crippen MR) is 122 cm³/mol. The number of para-hydroxylation sites is 1. The third-order valence-electron chi connectivity index (χ3n) is 6.82. The highest BCUT2D eigenvalue weighted by Gasteiger charge is 2.41.